The van der Waals surface area contributed by atoms with Crippen LogP contribution >= 0.6 is 0 Å². The molecular formula is C36H22O. The van der Waals surface area contributed by atoms with Gasteiger partial charge in [-0.25, -0.2) is 0 Å². The summed E-state index contributed by atoms with van der Waals surface area (Å²) in [7, 11) is 0. The van der Waals surface area contributed by atoms with Gasteiger partial charge in [0.25, 0.3) is 0 Å². The summed E-state index contributed by atoms with van der Waals surface area (Å²) in [5.74, 6) is 0. The molecule has 0 saturated carbocycles. The number of hydrogen-bond donors (Lipinski definition) is 0. The van der Waals surface area contributed by atoms with Gasteiger partial charge in [-0.2, -0.15) is 0 Å². The predicted octanol–water partition coefficient (Wildman–Crippen LogP) is 10.4. The summed E-state index contributed by atoms with van der Waals surface area (Å²) in [5.41, 5.74) is -3.59. The lowest BCUT2D eigenvalue weighted by molar-refractivity contribution is 0.670. The minimum atomic E-state index is -0.900. The van der Waals surface area contributed by atoms with Gasteiger partial charge < -0.3 is 4.42 Å². The third kappa shape index (κ3) is 2.98. The third-order valence-corrected chi connectivity index (χ3v) is 6.06. The number of rotatable bonds is 2. The van der Waals surface area contributed by atoms with Crippen molar-refractivity contribution in [2.75, 3.05) is 0 Å². The average Bonchev–Trinajstić information content (AvgIpc) is 3.61. The molecule has 0 amide bonds. The maximum absolute atomic E-state index is 9.28. The molecule has 1 heterocycles. The largest absolute Gasteiger partial charge is 0.455 e. The van der Waals surface area contributed by atoms with Gasteiger partial charge in [0.1, 0.15) is 11.2 Å². The van der Waals surface area contributed by atoms with Crippen LogP contribution in [0.4, 0.5) is 0 Å². The number of hydrogen-bond acceptors (Lipinski definition) is 1. The van der Waals surface area contributed by atoms with Crippen LogP contribution < -0.4 is 0 Å². The molecule has 0 fully saturated rings. The second kappa shape index (κ2) is 7.81. The molecular weight excluding hydrogens is 448 g/mol. The van der Waals surface area contributed by atoms with Gasteiger partial charge in [0.05, 0.1) is 30.2 Å². The van der Waals surface area contributed by atoms with Crippen molar-refractivity contribution in [3.63, 3.8) is 0 Å². The van der Waals surface area contributed by atoms with Gasteiger partial charge in [-0.1, -0.05) is 121 Å². The normalized spacial score (nSPS) is 20.1. The Morgan fingerprint density at radius 3 is 1.65 bits per heavy atom. The fourth-order valence-corrected chi connectivity index (χ4v) is 4.56. The van der Waals surface area contributed by atoms with Gasteiger partial charge >= 0.3 is 0 Å². The van der Waals surface area contributed by atoms with Crippen LogP contribution in [0.15, 0.2) is 137 Å². The number of benzene rings is 7. The Balaban J connectivity index is 1.78. The highest BCUT2D eigenvalue weighted by Gasteiger charge is 2.20. The van der Waals surface area contributed by atoms with E-state index in [0.717, 1.165) is 0 Å². The Bertz CT molecular complexity index is 3240. The zero-order valence-corrected chi connectivity index (χ0v) is 18.4. The molecule has 0 unspecified atom stereocenters. The zero-order valence-electron chi connectivity index (χ0n) is 40.4. The van der Waals surface area contributed by atoms with E-state index < -0.39 is 209 Å². The molecule has 0 aliphatic heterocycles. The lowest BCUT2D eigenvalue weighted by Gasteiger charge is -2.17. The standard InChI is InChI=1S/C36H22O/c1-2-11-23(12-3-1)34-26-15-6-8-17-28(26)35(29-18-9-7-16-27(29)34)31-20-10-19-30-32-21-24-13-4-5-14-25(24)22-33(32)37-36(30)31/h1-22H/i1D,2D,3D,4D,5D,6D,7D,8D,9D,10D,11D,12D,13D,14D,15D,16D,17D,18D,19D,20D,21D,22D. The smallest absolute Gasteiger partial charge is 0.143 e. The van der Waals surface area contributed by atoms with Crippen molar-refractivity contribution in [2.24, 2.45) is 0 Å². The lowest BCUT2D eigenvalue weighted by atomic mass is 9.85. The summed E-state index contributed by atoms with van der Waals surface area (Å²) in [6.07, 6.45) is 0. The molecule has 1 aromatic heterocycles. The Morgan fingerprint density at radius 1 is 0.432 bits per heavy atom. The Morgan fingerprint density at radius 2 is 0.973 bits per heavy atom. The summed E-state index contributed by atoms with van der Waals surface area (Å²) >= 11 is 0. The first-order valence-corrected chi connectivity index (χ1v) is 10.9. The molecule has 0 atom stereocenters. The van der Waals surface area contributed by atoms with E-state index in [9.17, 15) is 4.11 Å². The van der Waals surface area contributed by atoms with Crippen molar-refractivity contribution >= 4 is 54.3 Å². The van der Waals surface area contributed by atoms with E-state index in [0.29, 0.717) is 0 Å². The fraction of sp³-hybridized carbons (Fsp3) is 0. The topological polar surface area (TPSA) is 13.1 Å². The van der Waals surface area contributed by atoms with E-state index in [-0.39, 0.29) is 0 Å². The first-order chi connectivity index (χ1) is 27.5. The van der Waals surface area contributed by atoms with Crippen LogP contribution in [0, 0.1) is 0 Å². The van der Waals surface area contributed by atoms with Crippen molar-refractivity contribution in [3.05, 3.63) is 133 Å². The van der Waals surface area contributed by atoms with Gasteiger partial charge in [0.2, 0.25) is 0 Å². The zero-order chi connectivity index (χ0) is 43.5. The number of fused-ring (bicyclic) bond motifs is 6. The molecule has 0 aliphatic carbocycles. The summed E-state index contributed by atoms with van der Waals surface area (Å²) in [4.78, 5) is 0. The highest BCUT2D eigenvalue weighted by Crippen LogP contribution is 2.46. The van der Waals surface area contributed by atoms with E-state index in [1.165, 1.54) is 0 Å². The molecule has 0 N–H and O–H groups in total. The fourth-order valence-electron chi connectivity index (χ4n) is 4.56. The maximum atomic E-state index is 9.28. The highest BCUT2D eigenvalue weighted by atomic mass is 16.3. The molecule has 172 valence electrons. The summed E-state index contributed by atoms with van der Waals surface area (Å²) < 4.78 is 199. The molecule has 0 saturated heterocycles. The first kappa shape index (κ1) is 8.33. The molecule has 0 radical (unpaired) electrons. The summed E-state index contributed by atoms with van der Waals surface area (Å²) in [6.45, 7) is 0. The SMILES string of the molecule is [2H]c1c([2H])c([2H])c(-c2c3c([2H])c([2H])c([2H])c([2H])c3c(-c3c([2H])c([2H])c([2H])c4c3oc3c([2H])c5c([2H])c([2H])c([2H])c([2H])c5c([2H])c34)c3c([2H])c([2H])c([2H])c([2H])c23)c([2H])c1[2H]. The monoisotopic (exact) mass is 492 g/mol. The highest BCUT2D eigenvalue weighted by molar-refractivity contribution is 6.24. The van der Waals surface area contributed by atoms with Crippen LogP contribution in [-0.2, 0) is 0 Å². The molecule has 0 aliphatic rings. The van der Waals surface area contributed by atoms with E-state index in [4.69, 9.17) is 30.5 Å². The van der Waals surface area contributed by atoms with Gasteiger partial charge in [0.15, 0.2) is 0 Å². The van der Waals surface area contributed by atoms with E-state index >= 15 is 0 Å². The second-order valence-electron chi connectivity index (χ2n) is 8.01. The van der Waals surface area contributed by atoms with Gasteiger partial charge in [-0.05, 0) is 55.5 Å². The van der Waals surface area contributed by atoms with Crippen LogP contribution in [-0.4, -0.2) is 0 Å². The van der Waals surface area contributed by atoms with Crippen molar-refractivity contribution < 1.29 is 34.6 Å². The molecule has 1 heteroatoms. The quantitative estimate of drug-likeness (QED) is 0.219. The molecule has 0 spiro atoms. The van der Waals surface area contributed by atoms with Crippen LogP contribution in [0.2, 0.25) is 0 Å². The molecule has 8 aromatic rings. The van der Waals surface area contributed by atoms with E-state index in [2.05, 4.69) is 0 Å². The molecule has 8 rings (SSSR count). The second-order valence-corrected chi connectivity index (χ2v) is 8.01. The van der Waals surface area contributed by atoms with Crippen molar-refractivity contribution in [2.45, 2.75) is 0 Å². The Hall–Kier alpha value is -4.88. The number of furan rings is 1. The molecule has 37 heavy (non-hydrogen) atoms. The Labute approximate surface area is 245 Å². The predicted molar refractivity (Wildman–Crippen MR) is 157 cm³/mol. The maximum Gasteiger partial charge on any atom is 0.143 e. The molecule has 1 nitrogen and oxygen atoms in total. The van der Waals surface area contributed by atoms with Gasteiger partial charge in [-0.3, -0.25) is 0 Å². The molecule has 7 aromatic carbocycles. The minimum Gasteiger partial charge on any atom is -0.455 e. The van der Waals surface area contributed by atoms with Crippen molar-refractivity contribution in [3.8, 4) is 22.3 Å². The van der Waals surface area contributed by atoms with Crippen LogP contribution in [0.25, 0.3) is 76.5 Å². The van der Waals surface area contributed by atoms with Crippen LogP contribution in [0.3, 0.4) is 0 Å². The van der Waals surface area contributed by atoms with Gasteiger partial charge in [0, 0.05) is 21.9 Å². The van der Waals surface area contributed by atoms with E-state index in [1.54, 1.807) is 0 Å². The summed E-state index contributed by atoms with van der Waals surface area (Å²) in [5, 5.41) is -4.13. The van der Waals surface area contributed by atoms with Gasteiger partial charge in [-0.15, -0.1) is 0 Å². The average molecular weight is 493 g/mol. The lowest BCUT2D eigenvalue weighted by Crippen LogP contribution is -1.90. The van der Waals surface area contributed by atoms with Crippen molar-refractivity contribution in [1.29, 1.82) is 0 Å². The van der Waals surface area contributed by atoms with Crippen molar-refractivity contribution in [1.82, 2.24) is 0 Å². The number of para-hydroxylation sites is 1. The molecule has 0 bridgehead atoms. The van der Waals surface area contributed by atoms with Crippen LogP contribution in [0.5, 0.6) is 0 Å². The Kier molecular flexibility index (Phi) is 1.76. The minimum absolute atomic E-state index is 0.393. The van der Waals surface area contributed by atoms with Crippen LogP contribution in [0.1, 0.15) is 30.2 Å². The first-order valence-electron chi connectivity index (χ1n) is 21.9. The van der Waals surface area contributed by atoms with E-state index in [1.807, 2.05) is 0 Å². The third-order valence-electron chi connectivity index (χ3n) is 6.06. The summed E-state index contributed by atoms with van der Waals surface area (Å²) in [6, 6.07) is -18.2.